The maximum absolute atomic E-state index is 14.3. The smallest absolute Gasteiger partial charge is 0.147 e. The highest BCUT2D eigenvalue weighted by Gasteiger charge is 2.32. The number of benzene rings is 1. The van der Waals surface area contributed by atoms with Crippen LogP contribution in [0.4, 0.5) is 10.1 Å². The first kappa shape index (κ1) is 15.6. The highest BCUT2D eigenvalue weighted by atomic mass is 35.5. The van der Waals surface area contributed by atoms with Crippen LogP contribution in [0.1, 0.15) is 27.7 Å². The Bertz CT molecular complexity index is 462. The molecule has 2 unspecified atom stereocenters. The van der Waals surface area contributed by atoms with Crippen molar-refractivity contribution < 1.29 is 4.39 Å². The largest absolute Gasteiger partial charge is 0.363 e. The van der Waals surface area contributed by atoms with Crippen LogP contribution >= 0.6 is 11.6 Å². The van der Waals surface area contributed by atoms with Crippen molar-refractivity contribution in [2.24, 2.45) is 11.8 Å². The quantitative estimate of drug-likeness (QED) is 0.909. The van der Waals surface area contributed by atoms with Gasteiger partial charge in [0.25, 0.3) is 0 Å². The van der Waals surface area contributed by atoms with E-state index in [4.69, 9.17) is 11.6 Å². The van der Waals surface area contributed by atoms with Gasteiger partial charge in [-0.2, -0.15) is 0 Å². The maximum Gasteiger partial charge on any atom is 0.147 e. The summed E-state index contributed by atoms with van der Waals surface area (Å²) in [6, 6.07) is 5.67. The fourth-order valence-electron chi connectivity index (χ4n) is 2.83. The molecule has 1 aromatic carbocycles. The number of nitrogens with one attached hydrogen (secondary N) is 1. The maximum atomic E-state index is 14.3. The lowest BCUT2D eigenvalue weighted by Gasteiger charge is -2.45. The summed E-state index contributed by atoms with van der Waals surface area (Å²) in [4.78, 5) is 2.21. The van der Waals surface area contributed by atoms with E-state index in [9.17, 15) is 4.39 Å². The summed E-state index contributed by atoms with van der Waals surface area (Å²) < 4.78 is 14.3. The molecular formula is C16H24ClFN2. The van der Waals surface area contributed by atoms with E-state index in [0.717, 1.165) is 13.1 Å². The Morgan fingerprint density at radius 2 is 1.95 bits per heavy atom. The van der Waals surface area contributed by atoms with Crippen molar-refractivity contribution in [2.75, 3.05) is 18.0 Å². The highest BCUT2D eigenvalue weighted by molar-refractivity contribution is 6.30. The third-order valence-corrected chi connectivity index (χ3v) is 4.41. The zero-order chi connectivity index (χ0) is 14.9. The van der Waals surface area contributed by atoms with Crippen molar-refractivity contribution in [3.63, 3.8) is 0 Å². The summed E-state index contributed by atoms with van der Waals surface area (Å²) in [7, 11) is 0. The summed E-state index contributed by atoms with van der Waals surface area (Å²) in [6.45, 7) is 10.5. The van der Waals surface area contributed by atoms with Crippen molar-refractivity contribution in [3.8, 4) is 0 Å². The fraction of sp³-hybridized carbons (Fsp3) is 0.625. The average molecular weight is 299 g/mol. The Kier molecular flexibility index (Phi) is 4.92. The topological polar surface area (TPSA) is 15.3 Å². The summed E-state index contributed by atoms with van der Waals surface area (Å²) in [5.41, 5.74) is 0.667. The molecule has 1 aromatic rings. The number of halogens is 2. The lowest BCUT2D eigenvalue weighted by molar-refractivity contribution is 0.293. The van der Waals surface area contributed by atoms with Crippen LogP contribution in [0, 0.1) is 17.7 Å². The van der Waals surface area contributed by atoms with E-state index in [0.29, 0.717) is 34.6 Å². The Morgan fingerprint density at radius 1 is 1.25 bits per heavy atom. The molecule has 20 heavy (non-hydrogen) atoms. The van der Waals surface area contributed by atoms with Gasteiger partial charge in [0.2, 0.25) is 0 Å². The predicted octanol–water partition coefficient (Wildman–Crippen LogP) is 3.94. The zero-order valence-electron chi connectivity index (χ0n) is 12.7. The molecule has 1 N–H and O–H groups in total. The molecule has 112 valence electrons. The predicted molar refractivity (Wildman–Crippen MR) is 84.0 cm³/mol. The van der Waals surface area contributed by atoms with Crippen molar-refractivity contribution >= 4 is 17.3 Å². The molecular weight excluding hydrogens is 275 g/mol. The molecule has 2 nitrogen and oxygen atoms in total. The Labute approximate surface area is 126 Å². The molecule has 0 amide bonds. The number of piperazine rings is 1. The SMILES string of the molecule is CC(C)C1CN(c2ccc(Cl)cc2F)C(C(C)C)CN1. The highest BCUT2D eigenvalue weighted by Crippen LogP contribution is 2.29. The van der Waals surface area contributed by atoms with Gasteiger partial charge in [0.05, 0.1) is 5.69 Å². The number of rotatable bonds is 3. The van der Waals surface area contributed by atoms with Crippen molar-refractivity contribution in [3.05, 3.63) is 29.0 Å². The molecule has 0 aliphatic carbocycles. The van der Waals surface area contributed by atoms with Crippen LogP contribution in [0.15, 0.2) is 18.2 Å². The minimum Gasteiger partial charge on any atom is -0.363 e. The molecule has 0 spiro atoms. The second-order valence-electron chi connectivity index (χ2n) is 6.32. The molecule has 4 heteroatoms. The molecule has 0 bridgehead atoms. The number of anilines is 1. The molecule has 1 saturated heterocycles. The second-order valence-corrected chi connectivity index (χ2v) is 6.75. The van der Waals surface area contributed by atoms with E-state index in [1.165, 1.54) is 6.07 Å². The van der Waals surface area contributed by atoms with Crippen LogP contribution in [0.2, 0.25) is 5.02 Å². The van der Waals surface area contributed by atoms with Crippen LogP contribution in [0.5, 0.6) is 0 Å². The second kappa shape index (κ2) is 6.31. The van der Waals surface area contributed by atoms with Gasteiger partial charge in [0.15, 0.2) is 0 Å². The summed E-state index contributed by atoms with van der Waals surface area (Å²) in [6.07, 6.45) is 0. The van der Waals surface area contributed by atoms with Gasteiger partial charge in [-0.15, -0.1) is 0 Å². The number of hydrogen-bond donors (Lipinski definition) is 1. The summed E-state index contributed by atoms with van der Waals surface area (Å²) >= 11 is 5.86. The number of hydrogen-bond acceptors (Lipinski definition) is 2. The average Bonchev–Trinajstić information content (AvgIpc) is 2.37. The molecule has 0 aromatic heterocycles. The minimum absolute atomic E-state index is 0.229. The van der Waals surface area contributed by atoms with E-state index in [2.05, 4.69) is 37.9 Å². The van der Waals surface area contributed by atoms with Crippen LogP contribution in [0.25, 0.3) is 0 Å². The van der Waals surface area contributed by atoms with Gasteiger partial charge in [-0.25, -0.2) is 4.39 Å². The van der Waals surface area contributed by atoms with Gasteiger partial charge in [-0.05, 0) is 30.0 Å². The standard InChI is InChI=1S/C16H24ClFN2/c1-10(2)14-9-20(16(8-19-14)11(3)4)15-6-5-12(17)7-13(15)18/h5-7,10-11,14,16,19H,8-9H2,1-4H3. The molecule has 2 rings (SSSR count). The van der Waals surface area contributed by atoms with E-state index in [1.54, 1.807) is 12.1 Å². The Balaban J connectivity index is 2.31. The molecule has 1 fully saturated rings. The van der Waals surface area contributed by atoms with Gasteiger partial charge in [0.1, 0.15) is 5.82 Å². The van der Waals surface area contributed by atoms with Gasteiger partial charge in [-0.3, -0.25) is 0 Å². The molecule has 1 aliphatic heterocycles. The minimum atomic E-state index is -0.229. The van der Waals surface area contributed by atoms with E-state index < -0.39 is 0 Å². The van der Waals surface area contributed by atoms with E-state index in [-0.39, 0.29) is 5.82 Å². The van der Waals surface area contributed by atoms with Crippen LogP contribution in [-0.2, 0) is 0 Å². The van der Waals surface area contributed by atoms with Gasteiger partial charge in [-0.1, -0.05) is 39.3 Å². The third kappa shape index (κ3) is 3.26. The lowest BCUT2D eigenvalue weighted by atomic mass is 9.93. The zero-order valence-corrected chi connectivity index (χ0v) is 13.4. The van der Waals surface area contributed by atoms with Gasteiger partial charge >= 0.3 is 0 Å². The van der Waals surface area contributed by atoms with Crippen molar-refractivity contribution in [1.29, 1.82) is 0 Å². The first-order chi connectivity index (χ1) is 9.40. The number of nitrogens with zero attached hydrogens (tertiary/aromatic N) is 1. The van der Waals surface area contributed by atoms with Crippen molar-refractivity contribution in [2.45, 2.75) is 39.8 Å². The first-order valence-electron chi connectivity index (χ1n) is 7.35. The lowest BCUT2D eigenvalue weighted by Crippen LogP contribution is -2.60. The Hall–Kier alpha value is -0.800. The Morgan fingerprint density at radius 3 is 2.50 bits per heavy atom. The third-order valence-electron chi connectivity index (χ3n) is 4.18. The van der Waals surface area contributed by atoms with Gasteiger partial charge < -0.3 is 10.2 Å². The summed E-state index contributed by atoms with van der Waals surface area (Å²) in [5.74, 6) is 0.763. The van der Waals surface area contributed by atoms with Crippen LogP contribution in [-0.4, -0.2) is 25.2 Å². The summed E-state index contributed by atoms with van der Waals surface area (Å²) in [5, 5.41) is 4.04. The molecule has 0 saturated carbocycles. The van der Waals surface area contributed by atoms with Gasteiger partial charge in [0, 0.05) is 30.2 Å². The fourth-order valence-corrected chi connectivity index (χ4v) is 2.99. The first-order valence-corrected chi connectivity index (χ1v) is 7.73. The molecule has 1 heterocycles. The van der Waals surface area contributed by atoms with Crippen LogP contribution in [0.3, 0.4) is 0 Å². The van der Waals surface area contributed by atoms with E-state index in [1.807, 2.05) is 0 Å². The molecule has 1 aliphatic rings. The molecule has 0 radical (unpaired) electrons. The van der Waals surface area contributed by atoms with E-state index >= 15 is 0 Å². The van der Waals surface area contributed by atoms with Crippen LogP contribution < -0.4 is 10.2 Å². The normalized spacial score (nSPS) is 23.7. The van der Waals surface area contributed by atoms with Crippen molar-refractivity contribution in [1.82, 2.24) is 5.32 Å². The monoisotopic (exact) mass is 298 g/mol. The molecule has 2 atom stereocenters.